The molecule has 38 heavy (non-hydrogen) atoms. The maximum absolute atomic E-state index is 13.8. The first-order chi connectivity index (χ1) is 18.4. The molecule has 6 heteroatoms. The molecule has 1 saturated carbocycles. The zero-order valence-electron chi connectivity index (χ0n) is 22.2. The van der Waals surface area contributed by atoms with E-state index in [1.165, 1.54) is 0 Å². The number of ether oxygens (including phenoxy) is 2. The molecule has 6 nitrogen and oxygen atoms in total. The van der Waals surface area contributed by atoms with Crippen LogP contribution in [0.3, 0.4) is 0 Å². The summed E-state index contributed by atoms with van der Waals surface area (Å²) >= 11 is 0. The number of hydrogen-bond donors (Lipinski definition) is 2. The molecule has 6 aliphatic rings. The summed E-state index contributed by atoms with van der Waals surface area (Å²) in [5.41, 5.74) is 2.33. The molecule has 0 amide bonds. The lowest BCUT2D eigenvalue weighted by Gasteiger charge is -2.64. The van der Waals surface area contributed by atoms with Gasteiger partial charge in [-0.05, 0) is 92.2 Å². The second-order valence-electron chi connectivity index (χ2n) is 11.3. The Balaban J connectivity index is 1.70. The summed E-state index contributed by atoms with van der Waals surface area (Å²) in [6.07, 6.45) is 10.9. The second-order valence-corrected chi connectivity index (χ2v) is 11.3. The van der Waals surface area contributed by atoms with Crippen LogP contribution in [0.5, 0.6) is 5.75 Å². The topological polar surface area (TPSA) is 93.1 Å². The van der Waals surface area contributed by atoms with Gasteiger partial charge in [0.15, 0.2) is 0 Å². The maximum atomic E-state index is 13.8. The Hall–Kier alpha value is -3.12. The number of carbonyl (C=O) groups is 2. The number of aliphatic hydroxyl groups excluding tert-OH is 1. The number of esters is 2. The van der Waals surface area contributed by atoms with Crippen molar-refractivity contribution in [3.05, 3.63) is 70.2 Å². The van der Waals surface area contributed by atoms with Crippen LogP contribution in [0.2, 0.25) is 0 Å². The van der Waals surface area contributed by atoms with Crippen LogP contribution in [0.4, 0.5) is 0 Å². The molecule has 4 aliphatic carbocycles. The first kappa shape index (κ1) is 25.2. The van der Waals surface area contributed by atoms with Gasteiger partial charge in [0.05, 0.1) is 16.6 Å². The number of phenols is 1. The zero-order valence-corrected chi connectivity index (χ0v) is 22.2. The van der Waals surface area contributed by atoms with Crippen molar-refractivity contribution in [2.24, 2.45) is 22.7 Å². The van der Waals surface area contributed by atoms with E-state index in [1.807, 2.05) is 24.3 Å². The van der Waals surface area contributed by atoms with E-state index in [0.29, 0.717) is 35.5 Å². The molecule has 2 N–H and O–H groups in total. The summed E-state index contributed by atoms with van der Waals surface area (Å²) in [5, 5.41) is 20.9. The number of rotatable bonds is 7. The van der Waals surface area contributed by atoms with Gasteiger partial charge in [-0.3, -0.25) is 0 Å². The third-order valence-electron chi connectivity index (χ3n) is 9.66. The highest BCUT2D eigenvalue weighted by Crippen LogP contribution is 2.78. The van der Waals surface area contributed by atoms with Crippen LogP contribution >= 0.6 is 0 Å². The van der Waals surface area contributed by atoms with E-state index in [2.05, 4.69) is 13.8 Å². The summed E-state index contributed by atoms with van der Waals surface area (Å²) in [4.78, 5) is 27.6. The molecular weight excluding hydrogens is 480 g/mol. The summed E-state index contributed by atoms with van der Waals surface area (Å²) in [6.45, 7) is 4.08. The van der Waals surface area contributed by atoms with Crippen molar-refractivity contribution in [3.63, 3.8) is 0 Å². The molecule has 1 spiro atoms. The van der Waals surface area contributed by atoms with E-state index in [9.17, 15) is 19.8 Å². The Kier molecular flexibility index (Phi) is 6.14. The lowest BCUT2D eigenvalue weighted by Crippen LogP contribution is -2.60. The van der Waals surface area contributed by atoms with Crippen molar-refractivity contribution in [1.82, 2.24) is 0 Å². The molecule has 0 aromatic heterocycles. The summed E-state index contributed by atoms with van der Waals surface area (Å²) in [7, 11) is 0. The highest BCUT2D eigenvalue weighted by molar-refractivity contribution is 6.07. The third-order valence-corrected chi connectivity index (χ3v) is 9.66. The molecule has 0 unspecified atom stereocenters. The number of cyclic esters (lactones) is 2. The summed E-state index contributed by atoms with van der Waals surface area (Å²) < 4.78 is 12.1. The lowest BCUT2D eigenvalue weighted by atomic mass is 9.36. The zero-order chi connectivity index (χ0) is 26.7. The van der Waals surface area contributed by atoms with Crippen molar-refractivity contribution in [2.45, 2.75) is 71.6 Å². The molecule has 200 valence electrons. The average molecular weight is 517 g/mol. The van der Waals surface area contributed by atoms with E-state index >= 15 is 0 Å². The Morgan fingerprint density at radius 3 is 2.53 bits per heavy atom. The van der Waals surface area contributed by atoms with Crippen molar-refractivity contribution in [3.8, 4) is 5.75 Å². The van der Waals surface area contributed by atoms with Gasteiger partial charge in [0.25, 0.3) is 0 Å². The van der Waals surface area contributed by atoms with Gasteiger partial charge < -0.3 is 19.7 Å². The van der Waals surface area contributed by atoms with Crippen LogP contribution in [0.25, 0.3) is 5.57 Å². The van der Waals surface area contributed by atoms with Crippen LogP contribution < -0.4 is 0 Å². The number of unbranched alkanes of at least 4 members (excludes halogenated alkanes) is 2. The minimum Gasteiger partial charge on any atom is -0.508 e. The SMILES string of the molecule is CCC/C=C1\OC(=O)C2=C1CC[C@H]1[C@H]3CC[C@]4(C(=C3c3cccc(O)c3)C(=O)O/C4=C\CCC)[C@@]21CCO. The number of phenolic OH excluding ortho intramolecular Hbond substituents is 1. The van der Waals surface area contributed by atoms with Crippen LogP contribution in [0.1, 0.15) is 77.2 Å². The molecule has 4 atom stereocenters. The van der Waals surface area contributed by atoms with Gasteiger partial charge in [-0.1, -0.05) is 38.8 Å². The molecule has 2 fully saturated rings. The molecule has 1 saturated heterocycles. The molecule has 1 aromatic rings. The van der Waals surface area contributed by atoms with Gasteiger partial charge in [0.1, 0.15) is 17.3 Å². The van der Waals surface area contributed by atoms with Gasteiger partial charge in [-0.2, -0.15) is 0 Å². The first-order valence-electron chi connectivity index (χ1n) is 14.2. The number of hydrogen-bond acceptors (Lipinski definition) is 6. The Morgan fingerprint density at radius 1 is 1.03 bits per heavy atom. The number of aliphatic hydroxyl groups is 1. The smallest absolute Gasteiger partial charge is 0.340 e. The van der Waals surface area contributed by atoms with E-state index in [-0.39, 0.29) is 36.1 Å². The predicted octanol–water partition coefficient (Wildman–Crippen LogP) is 6.11. The summed E-state index contributed by atoms with van der Waals surface area (Å²) in [6, 6.07) is 7.13. The van der Waals surface area contributed by atoms with Crippen LogP contribution in [0, 0.1) is 22.7 Å². The number of carbonyl (C=O) groups excluding carboxylic acids is 2. The van der Waals surface area contributed by atoms with Gasteiger partial charge in [-0.15, -0.1) is 0 Å². The predicted molar refractivity (Wildman–Crippen MR) is 142 cm³/mol. The molecule has 2 bridgehead atoms. The monoisotopic (exact) mass is 516 g/mol. The van der Waals surface area contributed by atoms with E-state index in [0.717, 1.165) is 61.7 Å². The fourth-order valence-electron chi connectivity index (χ4n) is 8.52. The average Bonchev–Trinajstić information content (AvgIpc) is 3.40. The molecule has 2 aliphatic heterocycles. The molecular formula is C32H36O6. The van der Waals surface area contributed by atoms with Crippen molar-refractivity contribution >= 4 is 17.5 Å². The van der Waals surface area contributed by atoms with E-state index < -0.39 is 10.8 Å². The Bertz CT molecular complexity index is 1330. The molecule has 7 rings (SSSR count). The third kappa shape index (κ3) is 3.16. The van der Waals surface area contributed by atoms with Gasteiger partial charge in [0.2, 0.25) is 0 Å². The van der Waals surface area contributed by atoms with E-state index in [1.54, 1.807) is 12.1 Å². The molecule has 1 aromatic carbocycles. The number of benzene rings is 1. The van der Waals surface area contributed by atoms with Gasteiger partial charge >= 0.3 is 11.9 Å². The van der Waals surface area contributed by atoms with Gasteiger partial charge in [0, 0.05) is 17.6 Å². The van der Waals surface area contributed by atoms with E-state index in [4.69, 9.17) is 9.47 Å². The standard InChI is InChI=1S/C32H36O6/c1-3-5-10-24-22-12-13-23-21-14-15-32(31(23,16-17-33)27(22)29(35)37-24)25(11-6-4-2)38-30(36)28(32)26(21)19-8-7-9-20(34)18-19/h7-11,18,21,23,33-34H,3-6,12-17H2,1-2H3/b24-10-,25-11-/t21-,23+,31-,32+/m1/s1. The first-order valence-corrected chi connectivity index (χ1v) is 14.2. The number of allylic oxidation sites excluding steroid dienone is 5. The maximum Gasteiger partial charge on any atom is 0.340 e. The van der Waals surface area contributed by atoms with Crippen molar-refractivity contribution < 1.29 is 29.3 Å². The highest BCUT2D eigenvalue weighted by Gasteiger charge is 2.75. The van der Waals surface area contributed by atoms with Crippen molar-refractivity contribution in [2.75, 3.05) is 6.61 Å². The lowest BCUT2D eigenvalue weighted by molar-refractivity contribution is -0.138. The summed E-state index contributed by atoms with van der Waals surface area (Å²) in [5.74, 6) is 0.760. The fourth-order valence-corrected chi connectivity index (χ4v) is 8.52. The van der Waals surface area contributed by atoms with Crippen LogP contribution in [-0.4, -0.2) is 28.8 Å². The minimum absolute atomic E-state index is 0.00354. The highest BCUT2D eigenvalue weighted by atomic mass is 16.6. The molecule has 0 radical (unpaired) electrons. The van der Waals surface area contributed by atoms with Crippen molar-refractivity contribution in [1.29, 1.82) is 0 Å². The van der Waals surface area contributed by atoms with Crippen LogP contribution in [0.15, 0.2) is 64.7 Å². The quantitative estimate of drug-likeness (QED) is 0.425. The largest absolute Gasteiger partial charge is 0.508 e. The normalized spacial score (nSPS) is 33.6. The Morgan fingerprint density at radius 2 is 1.79 bits per heavy atom. The van der Waals surface area contributed by atoms with Gasteiger partial charge in [-0.25, -0.2) is 9.59 Å². The Labute approximate surface area is 223 Å². The number of aromatic hydroxyl groups is 1. The minimum atomic E-state index is -0.859. The number of fused-ring (bicyclic) bond motifs is 1. The second kappa shape index (κ2) is 9.26. The fraction of sp³-hybridized carbons (Fsp3) is 0.500. The molecule has 2 heterocycles. The van der Waals surface area contributed by atoms with Crippen LogP contribution in [-0.2, 0) is 19.1 Å².